The fourth-order valence-electron chi connectivity index (χ4n) is 3.13. The summed E-state index contributed by atoms with van der Waals surface area (Å²) in [6.07, 6.45) is 17.9. The molecule has 0 unspecified atom stereocenters. The molecular weight excluding hydrogens is 380 g/mol. The molecule has 0 heterocycles. The maximum Gasteiger partial charge on any atom is 0.296 e. The van der Waals surface area contributed by atoms with Crippen LogP contribution in [0.5, 0.6) is 0 Å². The Morgan fingerprint density at radius 3 is 1.56 bits per heavy atom. The highest BCUT2D eigenvalue weighted by Gasteiger charge is 2.14. The van der Waals surface area contributed by atoms with Gasteiger partial charge in [0.15, 0.2) is 0 Å². The number of rotatable bonds is 17. The van der Waals surface area contributed by atoms with Crippen molar-refractivity contribution in [3.63, 3.8) is 0 Å². The summed E-state index contributed by atoms with van der Waals surface area (Å²) < 4.78 is 29.1. The van der Waals surface area contributed by atoms with Crippen LogP contribution in [-0.4, -0.2) is 15.0 Å². The molecule has 0 fully saturated rings. The third-order valence-corrected chi connectivity index (χ3v) is 6.42. The van der Waals surface area contributed by atoms with Crippen LogP contribution in [-0.2, 0) is 14.3 Å². The predicted molar refractivity (Wildman–Crippen MR) is 115 cm³/mol. The zero-order valence-corrected chi connectivity index (χ0v) is 18.5. The van der Waals surface area contributed by atoms with Crippen molar-refractivity contribution in [1.29, 1.82) is 0 Å². The van der Waals surface area contributed by atoms with Crippen molar-refractivity contribution < 1.29 is 12.6 Å². The molecule has 27 heavy (non-hydrogen) atoms. The molecule has 0 radical (unpaired) electrons. The second kappa shape index (κ2) is 15.4. The van der Waals surface area contributed by atoms with Crippen LogP contribution in [0.15, 0.2) is 29.2 Å². The molecule has 0 aliphatic carbocycles. The van der Waals surface area contributed by atoms with Crippen LogP contribution in [0.1, 0.15) is 96.8 Å². The Kier molecular flexibility index (Phi) is 13.9. The predicted octanol–water partition coefficient (Wildman–Crippen LogP) is 7.53. The van der Waals surface area contributed by atoms with Gasteiger partial charge in [0.2, 0.25) is 0 Å². The molecule has 0 aliphatic rings. The standard InChI is InChI=1S/C22H37ClO3S/c1-2-3-4-5-6-7-8-9-10-11-12-13-14-15-20-26-27(24,25)22-18-16-21(23)17-19-22/h16-19H,2-15,20H2,1H3. The summed E-state index contributed by atoms with van der Waals surface area (Å²) in [5.41, 5.74) is 0. The Morgan fingerprint density at radius 2 is 1.11 bits per heavy atom. The number of unbranched alkanes of at least 4 members (excludes halogenated alkanes) is 13. The van der Waals surface area contributed by atoms with Gasteiger partial charge < -0.3 is 0 Å². The van der Waals surface area contributed by atoms with Crippen LogP contribution in [0.3, 0.4) is 0 Å². The third kappa shape index (κ3) is 12.5. The van der Waals surface area contributed by atoms with Crippen molar-refractivity contribution in [2.45, 2.75) is 102 Å². The van der Waals surface area contributed by atoms with E-state index in [9.17, 15) is 8.42 Å². The summed E-state index contributed by atoms with van der Waals surface area (Å²) in [5.74, 6) is 0. The highest BCUT2D eigenvalue weighted by atomic mass is 35.5. The SMILES string of the molecule is CCCCCCCCCCCCCCCCOS(=O)(=O)c1ccc(Cl)cc1. The van der Waals surface area contributed by atoms with Gasteiger partial charge in [-0.25, -0.2) is 0 Å². The minimum Gasteiger partial charge on any atom is -0.266 e. The molecule has 0 amide bonds. The summed E-state index contributed by atoms with van der Waals surface area (Å²) in [6, 6.07) is 6.07. The quantitative estimate of drug-likeness (QED) is 0.194. The van der Waals surface area contributed by atoms with Crippen LogP contribution in [0.4, 0.5) is 0 Å². The van der Waals surface area contributed by atoms with E-state index in [1.165, 1.54) is 82.8 Å². The molecule has 156 valence electrons. The number of halogens is 1. The Morgan fingerprint density at radius 1 is 0.704 bits per heavy atom. The largest absolute Gasteiger partial charge is 0.296 e. The van der Waals surface area contributed by atoms with Gasteiger partial charge in [0, 0.05) is 5.02 Å². The Hall–Kier alpha value is -0.580. The molecule has 0 saturated heterocycles. The lowest BCUT2D eigenvalue weighted by Crippen LogP contribution is -2.07. The lowest BCUT2D eigenvalue weighted by molar-refractivity contribution is 0.306. The normalized spacial score (nSPS) is 11.8. The minimum absolute atomic E-state index is 0.164. The topological polar surface area (TPSA) is 43.4 Å². The Labute approximate surface area is 172 Å². The van der Waals surface area contributed by atoms with Gasteiger partial charge in [-0.15, -0.1) is 0 Å². The number of benzene rings is 1. The summed E-state index contributed by atoms with van der Waals surface area (Å²) in [6.45, 7) is 2.51. The van der Waals surface area contributed by atoms with Crippen LogP contribution in [0, 0.1) is 0 Å². The molecule has 1 aromatic rings. The van der Waals surface area contributed by atoms with E-state index < -0.39 is 10.1 Å². The molecule has 1 rings (SSSR count). The van der Waals surface area contributed by atoms with Crippen molar-refractivity contribution in [3.05, 3.63) is 29.3 Å². The van der Waals surface area contributed by atoms with E-state index in [1.54, 1.807) is 12.1 Å². The third-order valence-electron chi connectivity index (χ3n) is 4.84. The summed E-state index contributed by atoms with van der Waals surface area (Å²) in [7, 11) is -3.65. The van der Waals surface area contributed by atoms with Gasteiger partial charge in [0.1, 0.15) is 0 Å². The fraction of sp³-hybridized carbons (Fsp3) is 0.727. The molecule has 0 N–H and O–H groups in total. The second-order valence-corrected chi connectivity index (χ2v) is 9.38. The van der Waals surface area contributed by atoms with Gasteiger partial charge in [0.05, 0.1) is 11.5 Å². The molecule has 5 heteroatoms. The smallest absolute Gasteiger partial charge is 0.266 e. The Bertz CT molecular complexity index is 570. The van der Waals surface area contributed by atoms with E-state index in [0.717, 1.165) is 19.3 Å². The van der Waals surface area contributed by atoms with Crippen molar-refractivity contribution in [3.8, 4) is 0 Å². The first-order valence-corrected chi connectivity index (χ1v) is 12.5. The van der Waals surface area contributed by atoms with Gasteiger partial charge >= 0.3 is 0 Å². The van der Waals surface area contributed by atoms with Crippen LogP contribution >= 0.6 is 11.6 Å². The molecule has 0 saturated carbocycles. The van der Waals surface area contributed by atoms with Crippen LogP contribution < -0.4 is 0 Å². The van der Waals surface area contributed by atoms with E-state index in [0.29, 0.717) is 5.02 Å². The van der Waals surface area contributed by atoms with Gasteiger partial charge in [-0.1, -0.05) is 102 Å². The fourth-order valence-corrected chi connectivity index (χ4v) is 4.20. The van der Waals surface area contributed by atoms with Gasteiger partial charge in [-0.05, 0) is 30.7 Å². The monoisotopic (exact) mass is 416 g/mol. The number of hydrogen-bond donors (Lipinski definition) is 0. The van der Waals surface area contributed by atoms with Gasteiger partial charge in [-0.3, -0.25) is 4.18 Å². The lowest BCUT2D eigenvalue weighted by atomic mass is 10.0. The lowest BCUT2D eigenvalue weighted by Gasteiger charge is -2.06. The zero-order valence-electron chi connectivity index (χ0n) is 16.9. The van der Waals surface area contributed by atoms with Gasteiger partial charge in [0.25, 0.3) is 10.1 Å². The summed E-state index contributed by atoms with van der Waals surface area (Å²) in [5, 5.41) is 0.515. The zero-order chi connectivity index (χ0) is 19.8. The molecule has 0 spiro atoms. The van der Waals surface area contributed by atoms with Crippen molar-refractivity contribution in [2.24, 2.45) is 0 Å². The van der Waals surface area contributed by atoms with E-state index in [1.807, 2.05) is 0 Å². The minimum atomic E-state index is -3.65. The van der Waals surface area contributed by atoms with E-state index in [2.05, 4.69) is 6.92 Å². The molecule has 0 aromatic heterocycles. The van der Waals surface area contributed by atoms with Crippen molar-refractivity contribution in [1.82, 2.24) is 0 Å². The first kappa shape index (κ1) is 24.5. The van der Waals surface area contributed by atoms with Crippen molar-refractivity contribution in [2.75, 3.05) is 6.61 Å². The Balaban J connectivity index is 1.91. The maximum atomic E-state index is 12.0. The molecule has 0 aliphatic heterocycles. The summed E-state index contributed by atoms with van der Waals surface area (Å²) >= 11 is 5.77. The molecule has 0 atom stereocenters. The average molecular weight is 417 g/mol. The molecule has 0 bridgehead atoms. The first-order valence-electron chi connectivity index (χ1n) is 10.7. The van der Waals surface area contributed by atoms with E-state index >= 15 is 0 Å². The highest BCUT2D eigenvalue weighted by Crippen LogP contribution is 2.17. The molecular formula is C22H37ClO3S. The highest BCUT2D eigenvalue weighted by molar-refractivity contribution is 7.86. The summed E-state index contributed by atoms with van der Waals surface area (Å²) in [4.78, 5) is 0.164. The van der Waals surface area contributed by atoms with Crippen LogP contribution in [0.2, 0.25) is 5.02 Å². The maximum absolute atomic E-state index is 12.0. The van der Waals surface area contributed by atoms with E-state index in [4.69, 9.17) is 15.8 Å². The van der Waals surface area contributed by atoms with Gasteiger partial charge in [-0.2, -0.15) is 8.42 Å². The first-order chi connectivity index (χ1) is 13.1. The van der Waals surface area contributed by atoms with Crippen LogP contribution in [0.25, 0.3) is 0 Å². The average Bonchev–Trinajstić information content (AvgIpc) is 2.65. The molecule has 1 aromatic carbocycles. The van der Waals surface area contributed by atoms with E-state index in [-0.39, 0.29) is 11.5 Å². The second-order valence-electron chi connectivity index (χ2n) is 7.33. The number of hydrogen-bond acceptors (Lipinski definition) is 3. The van der Waals surface area contributed by atoms with Crippen molar-refractivity contribution >= 4 is 21.7 Å². The molecule has 3 nitrogen and oxygen atoms in total.